The van der Waals surface area contributed by atoms with E-state index in [1.165, 1.54) is 23.5 Å². The second-order valence-corrected chi connectivity index (χ2v) is 9.90. The van der Waals surface area contributed by atoms with Crippen molar-refractivity contribution in [1.82, 2.24) is 19.3 Å². The fraction of sp³-hybridized carbons (Fsp3) is 0.632. The molecule has 9 nitrogen and oxygen atoms in total. The highest BCUT2D eigenvalue weighted by molar-refractivity contribution is 7.86. The first kappa shape index (κ1) is 22.9. The molecular weight excluding hydrogens is 447 g/mol. The standard InChI is InChI=1S/C19H26F3N7O2S/c1-11(20)14-9-12-10-24-18(25-13-4-7-29(8-5-13)32(23,30)31)28-16(12)17(26-14)27-15-3-2-6-19(15,21)22/h9-11,13,15H,2-8H2,1H3,(H,26,27)(H2,23,30,31)(H,24,25,28). The second kappa shape index (κ2) is 8.60. The van der Waals surface area contributed by atoms with Crippen molar-refractivity contribution in [2.24, 2.45) is 5.14 Å². The first-order valence-electron chi connectivity index (χ1n) is 10.5. The number of anilines is 2. The highest BCUT2D eigenvalue weighted by atomic mass is 32.2. The number of alkyl halides is 3. The van der Waals surface area contributed by atoms with Crippen LogP contribution in [0.15, 0.2) is 12.3 Å². The average Bonchev–Trinajstić information content (AvgIpc) is 3.05. The van der Waals surface area contributed by atoms with E-state index in [1.54, 1.807) is 0 Å². The van der Waals surface area contributed by atoms with Crippen LogP contribution in [0.25, 0.3) is 10.9 Å². The molecule has 2 unspecified atom stereocenters. The molecule has 0 aromatic carbocycles. The van der Waals surface area contributed by atoms with E-state index in [0.717, 1.165) is 0 Å². The van der Waals surface area contributed by atoms with Crippen LogP contribution in [0.5, 0.6) is 0 Å². The Morgan fingerprint density at radius 2 is 1.94 bits per heavy atom. The molecule has 176 valence electrons. The molecule has 1 aliphatic heterocycles. The van der Waals surface area contributed by atoms with Gasteiger partial charge in [-0.2, -0.15) is 12.7 Å². The summed E-state index contributed by atoms with van der Waals surface area (Å²) >= 11 is 0. The summed E-state index contributed by atoms with van der Waals surface area (Å²) in [7, 11) is -3.72. The molecule has 1 saturated carbocycles. The third-order valence-electron chi connectivity index (χ3n) is 5.96. The molecule has 1 saturated heterocycles. The molecule has 0 radical (unpaired) electrons. The van der Waals surface area contributed by atoms with E-state index in [9.17, 15) is 21.6 Å². The van der Waals surface area contributed by atoms with Crippen molar-refractivity contribution in [3.05, 3.63) is 18.0 Å². The van der Waals surface area contributed by atoms with Crippen LogP contribution in [0.4, 0.5) is 24.9 Å². The summed E-state index contributed by atoms with van der Waals surface area (Å²) in [4.78, 5) is 13.0. The highest BCUT2D eigenvalue weighted by Crippen LogP contribution is 2.38. The molecule has 13 heteroatoms. The summed E-state index contributed by atoms with van der Waals surface area (Å²) in [5.74, 6) is -2.52. The fourth-order valence-corrected chi connectivity index (χ4v) is 4.86. The lowest BCUT2D eigenvalue weighted by Crippen LogP contribution is -2.45. The molecule has 2 aromatic heterocycles. The maximum Gasteiger partial charge on any atom is 0.276 e. The van der Waals surface area contributed by atoms with E-state index in [1.807, 2.05) is 0 Å². The summed E-state index contributed by atoms with van der Waals surface area (Å²) in [6.07, 6.45) is 1.59. The van der Waals surface area contributed by atoms with Crippen LogP contribution < -0.4 is 15.8 Å². The Labute approximate surface area is 184 Å². The second-order valence-electron chi connectivity index (χ2n) is 8.36. The smallest absolute Gasteiger partial charge is 0.276 e. The van der Waals surface area contributed by atoms with E-state index in [-0.39, 0.29) is 49.4 Å². The zero-order valence-corrected chi connectivity index (χ0v) is 18.4. The lowest BCUT2D eigenvalue weighted by atomic mass is 10.1. The third-order valence-corrected chi connectivity index (χ3v) is 7.05. The van der Waals surface area contributed by atoms with Crippen LogP contribution in [0, 0.1) is 0 Å². The summed E-state index contributed by atoms with van der Waals surface area (Å²) in [6, 6.07) is 0.322. The lowest BCUT2D eigenvalue weighted by molar-refractivity contribution is -0.000659. The Kier molecular flexibility index (Phi) is 6.16. The molecule has 3 heterocycles. The Morgan fingerprint density at radius 1 is 1.22 bits per heavy atom. The van der Waals surface area contributed by atoms with Gasteiger partial charge in [0, 0.05) is 37.1 Å². The predicted molar refractivity (Wildman–Crippen MR) is 114 cm³/mol. The molecule has 0 spiro atoms. The molecule has 4 rings (SSSR count). The number of aromatic nitrogens is 3. The summed E-state index contributed by atoms with van der Waals surface area (Å²) in [5.41, 5.74) is 0.428. The molecule has 2 aliphatic rings. The van der Waals surface area contributed by atoms with Crippen molar-refractivity contribution in [3.8, 4) is 0 Å². The predicted octanol–water partition coefficient (Wildman–Crippen LogP) is 2.73. The van der Waals surface area contributed by atoms with Crippen molar-refractivity contribution in [3.63, 3.8) is 0 Å². The van der Waals surface area contributed by atoms with Crippen LogP contribution in [0.1, 0.15) is 50.9 Å². The molecule has 2 atom stereocenters. The van der Waals surface area contributed by atoms with Crippen molar-refractivity contribution in [1.29, 1.82) is 0 Å². The molecular formula is C19H26F3N7O2S. The Morgan fingerprint density at radius 3 is 2.53 bits per heavy atom. The van der Waals surface area contributed by atoms with Crippen LogP contribution in [0.3, 0.4) is 0 Å². The van der Waals surface area contributed by atoms with Gasteiger partial charge in [0.25, 0.3) is 16.1 Å². The van der Waals surface area contributed by atoms with Crippen molar-refractivity contribution in [2.75, 3.05) is 23.7 Å². The van der Waals surface area contributed by atoms with Gasteiger partial charge in [-0.25, -0.2) is 33.3 Å². The summed E-state index contributed by atoms with van der Waals surface area (Å²) < 4.78 is 66.5. The van der Waals surface area contributed by atoms with Gasteiger partial charge in [0.1, 0.15) is 11.7 Å². The minimum atomic E-state index is -3.72. The van der Waals surface area contributed by atoms with Gasteiger partial charge in [0.05, 0.1) is 11.7 Å². The van der Waals surface area contributed by atoms with Crippen LogP contribution in [0.2, 0.25) is 0 Å². The number of pyridine rings is 1. The normalized spacial score (nSPS) is 23.3. The van der Waals surface area contributed by atoms with E-state index in [4.69, 9.17) is 5.14 Å². The van der Waals surface area contributed by atoms with Gasteiger partial charge in [-0.3, -0.25) is 0 Å². The number of nitrogens with two attached hydrogens (primary N) is 1. The van der Waals surface area contributed by atoms with Gasteiger partial charge in [-0.1, -0.05) is 0 Å². The van der Waals surface area contributed by atoms with Gasteiger partial charge in [-0.05, 0) is 38.7 Å². The van der Waals surface area contributed by atoms with Gasteiger partial charge >= 0.3 is 0 Å². The minimum Gasteiger partial charge on any atom is -0.359 e. The maximum atomic E-state index is 14.2. The molecule has 2 fully saturated rings. The zero-order valence-electron chi connectivity index (χ0n) is 17.6. The van der Waals surface area contributed by atoms with Gasteiger partial charge in [0.2, 0.25) is 5.95 Å². The van der Waals surface area contributed by atoms with Crippen LogP contribution in [-0.2, 0) is 10.2 Å². The largest absolute Gasteiger partial charge is 0.359 e. The van der Waals surface area contributed by atoms with Gasteiger partial charge in [0.15, 0.2) is 5.82 Å². The van der Waals surface area contributed by atoms with Gasteiger partial charge in [-0.15, -0.1) is 0 Å². The number of nitrogens with zero attached hydrogens (tertiary/aromatic N) is 4. The Hall–Kier alpha value is -2.25. The third kappa shape index (κ3) is 4.89. The zero-order chi connectivity index (χ0) is 23.1. The molecule has 2 aromatic rings. The van der Waals surface area contributed by atoms with E-state index < -0.39 is 28.3 Å². The monoisotopic (exact) mass is 473 g/mol. The Balaban J connectivity index is 1.59. The van der Waals surface area contributed by atoms with Crippen molar-refractivity contribution < 1.29 is 21.6 Å². The quantitative estimate of drug-likeness (QED) is 0.589. The SMILES string of the molecule is CC(F)c1cc2cnc(NC3CCN(S(N)(=O)=O)CC3)nc2c(NC2CCCC2(F)F)n1. The topological polar surface area (TPSA) is 126 Å². The number of nitrogens with one attached hydrogen (secondary N) is 2. The first-order valence-corrected chi connectivity index (χ1v) is 12.0. The van der Waals surface area contributed by atoms with Crippen molar-refractivity contribution in [2.45, 2.75) is 63.2 Å². The number of hydrogen-bond donors (Lipinski definition) is 3. The van der Waals surface area contributed by atoms with Crippen LogP contribution >= 0.6 is 0 Å². The maximum absolute atomic E-state index is 14.2. The number of piperidine rings is 1. The van der Waals surface area contributed by atoms with Gasteiger partial charge < -0.3 is 10.6 Å². The molecule has 1 aliphatic carbocycles. The summed E-state index contributed by atoms with van der Waals surface area (Å²) in [5, 5.41) is 11.6. The van der Waals surface area contributed by atoms with Crippen LogP contribution in [-0.4, -0.2) is 58.8 Å². The lowest BCUT2D eigenvalue weighted by Gasteiger charge is -2.30. The molecule has 32 heavy (non-hydrogen) atoms. The molecule has 0 amide bonds. The average molecular weight is 474 g/mol. The Bertz CT molecular complexity index is 1090. The fourth-order valence-electron chi connectivity index (χ4n) is 4.14. The first-order chi connectivity index (χ1) is 15.0. The molecule has 0 bridgehead atoms. The highest BCUT2D eigenvalue weighted by Gasteiger charge is 2.44. The summed E-state index contributed by atoms with van der Waals surface area (Å²) in [6.45, 7) is 1.87. The van der Waals surface area contributed by atoms with E-state index in [2.05, 4.69) is 25.6 Å². The number of hydrogen-bond acceptors (Lipinski definition) is 7. The van der Waals surface area contributed by atoms with E-state index >= 15 is 0 Å². The number of rotatable bonds is 6. The van der Waals surface area contributed by atoms with E-state index in [0.29, 0.717) is 30.2 Å². The molecule has 4 N–H and O–H groups in total. The minimum absolute atomic E-state index is 0.0841. The van der Waals surface area contributed by atoms with Crippen molar-refractivity contribution >= 4 is 32.9 Å². The number of fused-ring (bicyclic) bond motifs is 1. The number of halogens is 3.